The zero-order valence-corrected chi connectivity index (χ0v) is 20.2. The normalized spacial score (nSPS) is 10.0. The number of aryl methyl sites for hydroxylation is 2. The van der Waals surface area contributed by atoms with Gasteiger partial charge >= 0.3 is 26.2 Å². The van der Waals surface area contributed by atoms with E-state index in [1.807, 2.05) is 0 Å². The van der Waals surface area contributed by atoms with Crippen molar-refractivity contribution in [3.8, 4) is 0 Å². The van der Waals surface area contributed by atoms with Crippen LogP contribution in [0.4, 0.5) is 0 Å². The van der Waals surface area contributed by atoms with Crippen molar-refractivity contribution in [1.29, 1.82) is 0 Å². The quantitative estimate of drug-likeness (QED) is 0.254. The summed E-state index contributed by atoms with van der Waals surface area (Å²) in [6.45, 7) is 4.41. The third kappa shape index (κ3) is 4.96. The largest absolute Gasteiger partial charge is 3.00 e. The molecule has 27 heavy (non-hydrogen) atoms. The van der Waals surface area contributed by atoms with E-state index in [-0.39, 0.29) is 51.0 Å². The summed E-state index contributed by atoms with van der Waals surface area (Å²) in [5.41, 5.74) is 2.72. The van der Waals surface area contributed by atoms with Crippen molar-refractivity contribution < 1.29 is 51.0 Å². The standard InChI is InChI=1S/C23H20P.2ClH.Zr/c1-17-13-14-18(2)23-16-21(15-22(17)23)24(19-9-5-3-6-10-19)20-11-7-4-8-12-20;;;/h3-16H,1-2H3;2*1H;/q-1;;;+3/p-2. The fourth-order valence-electron chi connectivity index (χ4n) is 3.31. The molecule has 0 aliphatic rings. The van der Waals surface area contributed by atoms with E-state index in [9.17, 15) is 0 Å². The van der Waals surface area contributed by atoms with Gasteiger partial charge in [-0.3, -0.25) is 0 Å². The summed E-state index contributed by atoms with van der Waals surface area (Å²) < 4.78 is 0. The average molecular weight is 490 g/mol. The molecule has 0 saturated carbocycles. The van der Waals surface area contributed by atoms with Crippen LogP contribution in [-0.2, 0) is 26.2 Å². The van der Waals surface area contributed by atoms with Gasteiger partial charge in [0.2, 0.25) is 0 Å². The van der Waals surface area contributed by atoms with Crippen LogP contribution in [-0.4, -0.2) is 0 Å². The molecule has 0 heterocycles. The second-order valence-corrected chi connectivity index (χ2v) is 8.47. The van der Waals surface area contributed by atoms with Crippen molar-refractivity contribution in [1.82, 2.24) is 0 Å². The van der Waals surface area contributed by atoms with Crippen LogP contribution >= 0.6 is 7.92 Å². The zero-order valence-electron chi connectivity index (χ0n) is 15.3. The molecule has 0 nitrogen and oxygen atoms in total. The molecule has 135 valence electrons. The third-order valence-corrected chi connectivity index (χ3v) is 7.00. The molecular formula is C23H20Cl2PZr. The van der Waals surface area contributed by atoms with Crippen LogP contribution in [0.2, 0.25) is 0 Å². The first-order valence-electron chi connectivity index (χ1n) is 8.31. The predicted octanol–water partition coefficient (Wildman–Crippen LogP) is -1.06. The summed E-state index contributed by atoms with van der Waals surface area (Å²) in [7, 11) is -0.518. The first-order chi connectivity index (χ1) is 11.7. The Morgan fingerprint density at radius 1 is 0.667 bits per heavy atom. The maximum absolute atomic E-state index is 2.41. The van der Waals surface area contributed by atoms with E-state index >= 15 is 0 Å². The van der Waals surface area contributed by atoms with Gasteiger partial charge in [0.1, 0.15) is 0 Å². The Morgan fingerprint density at radius 3 is 1.63 bits per heavy atom. The second-order valence-electron chi connectivity index (χ2n) is 6.25. The number of rotatable bonds is 3. The van der Waals surface area contributed by atoms with Crippen LogP contribution in [0, 0.1) is 13.8 Å². The molecule has 0 aliphatic heterocycles. The number of halogens is 2. The Kier molecular flexibility index (Phi) is 9.54. The van der Waals surface area contributed by atoms with Crippen molar-refractivity contribution in [3.63, 3.8) is 0 Å². The van der Waals surface area contributed by atoms with E-state index < -0.39 is 7.92 Å². The summed E-state index contributed by atoms with van der Waals surface area (Å²) in [5, 5.41) is 7.04. The van der Waals surface area contributed by atoms with Gasteiger partial charge in [-0.15, -0.1) is 33.8 Å². The molecule has 0 saturated heterocycles. The van der Waals surface area contributed by atoms with Crippen LogP contribution in [0.5, 0.6) is 0 Å². The second kappa shape index (κ2) is 10.6. The number of benzene rings is 3. The third-order valence-electron chi connectivity index (χ3n) is 4.59. The van der Waals surface area contributed by atoms with Crippen LogP contribution < -0.4 is 40.7 Å². The summed E-state index contributed by atoms with van der Waals surface area (Å²) in [5.74, 6) is 0. The minimum absolute atomic E-state index is 0. The minimum atomic E-state index is -0.518. The monoisotopic (exact) mass is 487 g/mol. The fourth-order valence-corrected chi connectivity index (χ4v) is 5.66. The average Bonchev–Trinajstić information content (AvgIpc) is 3.07. The SMILES string of the molecule is Cc1ccc(C)c2[cH-]c(P(c3ccccc3)c3ccccc3)cc12.[Cl-].[Cl-].[Zr+3]. The molecule has 0 aliphatic carbocycles. The van der Waals surface area contributed by atoms with E-state index in [0.717, 1.165) is 0 Å². The molecule has 0 N–H and O–H groups in total. The fraction of sp³-hybridized carbons (Fsp3) is 0.0870. The molecule has 0 fully saturated rings. The van der Waals surface area contributed by atoms with Gasteiger partial charge < -0.3 is 24.8 Å². The molecule has 4 aromatic carbocycles. The van der Waals surface area contributed by atoms with Gasteiger partial charge in [-0.2, -0.15) is 6.07 Å². The van der Waals surface area contributed by atoms with Gasteiger partial charge in [0.25, 0.3) is 0 Å². The molecular weight excluding hydrogens is 469 g/mol. The van der Waals surface area contributed by atoms with Gasteiger partial charge in [-0.25, -0.2) is 0 Å². The Morgan fingerprint density at radius 2 is 1.15 bits per heavy atom. The minimum Gasteiger partial charge on any atom is -1.00 e. The van der Waals surface area contributed by atoms with E-state index in [2.05, 4.69) is 98.8 Å². The molecule has 4 aromatic rings. The summed E-state index contributed by atoms with van der Waals surface area (Å²) >= 11 is 0. The van der Waals surface area contributed by atoms with Crippen molar-refractivity contribution in [2.24, 2.45) is 0 Å². The van der Waals surface area contributed by atoms with Crippen molar-refractivity contribution in [2.75, 3.05) is 0 Å². The van der Waals surface area contributed by atoms with Gasteiger partial charge in [0.05, 0.1) is 0 Å². The van der Waals surface area contributed by atoms with Crippen LogP contribution in [0.3, 0.4) is 0 Å². The van der Waals surface area contributed by atoms with Crippen LogP contribution in [0.1, 0.15) is 11.1 Å². The number of hydrogen-bond donors (Lipinski definition) is 0. The summed E-state index contributed by atoms with van der Waals surface area (Å²) in [6, 6.07) is 31.1. The molecule has 0 atom stereocenters. The van der Waals surface area contributed by atoms with Gasteiger partial charge in [-0.05, 0) is 25.5 Å². The van der Waals surface area contributed by atoms with Crippen molar-refractivity contribution >= 4 is 34.6 Å². The molecule has 0 amide bonds. The van der Waals surface area contributed by atoms with Crippen LogP contribution in [0.15, 0.2) is 84.9 Å². The molecule has 0 spiro atoms. The summed E-state index contributed by atoms with van der Waals surface area (Å²) in [6.07, 6.45) is 0. The first-order valence-corrected chi connectivity index (χ1v) is 9.65. The molecule has 0 unspecified atom stereocenters. The molecule has 0 bridgehead atoms. The topological polar surface area (TPSA) is 0 Å². The Balaban J connectivity index is 0.00000121. The van der Waals surface area contributed by atoms with Crippen molar-refractivity contribution in [3.05, 3.63) is 96.1 Å². The van der Waals surface area contributed by atoms with Gasteiger partial charge in [-0.1, -0.05) is 79.2 Å². The maximum atomic E-state index is 2.41. The Labute approximate surface area is 194 Å². The van der Waals surface area contributed by atoms with Gasteiger partial charge in [0.15, 0.2) is 0 Å². The van der Waals surface area contributed by atoms with Crippen LogP contribution in [0.25, 0.3) is 10.8 Å². The van der Waals surface area contributed by atoms with E-state index in [0.29, 0.717) is 0 Å². The smallest absolute Gasteiger partial charge is 1.00 e. The molecule has 0 aromatic heterocycles. The first kappa shape index (κ1) is 24.2. The molecule has 1 radical (unpaired) electrons. The summed E-state index contributed by atoms with van der Waals surface area (Å²) in [4.78, 5) is 0. The molecule has 4 rings (SSSR count). The Bertz CT molecular complexity index is 903. The number of hydrogen-bond acceptors (Lipinski definition) is 0. The van der Waals surface area contributed by atoms with E-state index in [1.165, 1.54) is 37.8 Å². The van der Waals surface area contributed by atoms with Crippen molar-refractivity contribution in [2.45, 2.75) is 13.8 Å². The maximum Gasteiger partial charge on any atom is 3.00 e. The van der Waals surface area contributed by atoms with E-state index in [1.54, 1.807) is 0 Å². The number of fused-ring (bicyclic) bond motifs is 1. The molecule has 4 heteroatoms. The van der Waals surface area contributed by atoms with E-state index in [4.69, 9.17) is 0 Å². The predicted molar refractivity (Wildman–Crippen MR) is 108 cm³/mol. The van der Waals surface area contributed by atoms with Gasteiger partial charge in [0, 0.05) is 0 Å². The Hall–Kier alpha value is -0.837. The zero-order chi connectivity index (χ0) is 16.5.